The maximum absolute atomic E-state index is 12.3. The number of anilines is 1. The molecule has 1 aliphatic carbocycles. The first-order valence-corrected chi connectivity index (χ1v) is 6.12. The van der Waals surface area contributed by atoms with Crippen LogP contribution in [0.5, 0.6) is 0 Å². The summed E-state index contributed by atoms with van der Waals surface area (Å²) in [5.41, 5.74) is 7.43. The Kier molecular flexibility index (Phi) is 3.30. The second-order valence-corrected chi connectivity index (χ2v) is 5.15. The Morgan fingerprint density at radius 1 is 1.61 bits per heavy atom. The van der Waals surface area contributed by atoms with Crippen molar-refractivity contribution in [3.8, 4) is 0 Å². The van der Waals surface area contributed by atoms with Gasteiger partial charge in [0.05, 0.1) is 17.5 Å². The van der Waals surface area contributed by atoms with E-state index in [4.69, 9.17) is 5.73 Å². The molecular weight excluding hydrogens is 232 g/mol. The topological polar surface area (TPSA) is 84.4 Å². The molecule has 1 aliphatic rings. The van der Waals surface area contributed by atoms with Gasteiger partial charge in [0.2, 0.25) is 0 Å². The maximum Gasteiger partial charge on any atom is 0.274 e. The highest BCUT2D eigenvalue weighted by Crippen LogP contribution is 2.28. The van der Waals surface area contributed by atoms with Crippen molar-refractivity contribution in [3.05, 3.63) is 11.4 Å². The van der Waals surface area contributed by atoms with Gasteiger partial charge in [0.1, 0.15) is 5.69 Å². The van der Waals surface area contributed by atoms with Crippen LogP contribution in [-0.2, 0) is 7.05 Å². The van der Waals surface area contributed by atoms with E-state index < -0.39 is 0 Å². The van der Waals surface area contributed by atoms with E-state index in [1.165, 1.54) is 4.68 Å². The minimum absolute atomic E-state index is 0.114. The third-order valence-electron chi connectivity index (χ3n) is 3.56. The van der Waals surface area contributed by atoms with E-state index in [1.807, 2.05) is 0 Å². The van der Waals surface area contributed by atoms with E-state index in [0.29, 0.717) is 29.5 Å². The van der Waals surface area contributed by atoms with Gasteiger partial charge < -0.3 is 15.7 Å². The fraction of sp³-hybridized carbons (Fsp3) is 0.667. The van der Waals surface area contributed by atoms with Gasteiger partial charge in [-0.3, -0.25) is 9.48 Å². The molecule has 1 saturated carbocycles. The first-order valence-electron chi connectivity index (χ1n) is 6.12. The first kappa shape index (κ1) is 12.9. The highest BCUT2D eigenvalue weighted by Gasteiger charge is 2.30. The largest absolute Gasteiger partial charge is 0.395 e. The van der Waals surface area contributed by atoms with Crippen molar-refractivity contribution in [2.75, 3.05) is 19.3 Å². The molecule has 1 aromatic rings. The molecule has 0 spiro atoms. The van der Waals surface area contributed by atoms with Gasteiger partial charge in [-0.1, -0.05) is 0 Å². The Hall–Kier alpha value is -1.56. The molecule has 1 aromatic heterocycles. The second kappa shape index (κ2) is 4.61. The molecule has 1 amide bonds. The van der Waals surface area contributed by atoms with Crippen molar-refractivity contribution < 1.29 is 9.90 Å². The molecule has 1 fully saturated rings. The third-order valence-corrected chi connectivity index (χ3v) is 3.56. The summed E-state index contributed by atoms with van der Waals surface area (Å²) in [6, 6.07) is 0. The molecule has 0 unspecified atom stereocenters. The van der Waals surface area contributed by atoms with Gasteiger partial charge in [0.25, 0.3) is 5.91 Å². The number of aromatic nitrogens is 2. The average Bonchev–Trinajstić information content (AvgIpc) is 2.50. The summed E-state index contributed by atoms with van der Waals surface area (Å²) in [6.07, 6.45) is 1.36. The number of rotatable bonds is 3. The van der Waals surface area contributed by atoms with E-state index in [1.54, 1.807) is 25.9 Å². The van der Waals surface area contributed by atoms with Crippen molar-refractivity contribution in [3.63, 3.8) is 0 Å². The molecule has 2 rings (SSSR count). The lowest BCUT2D eigenvalue weighted by Crippen LogP contribution is -2.40. The predicted octanol–water partition coefficient (Wildman–Crippen LogP) is 0.154. The first-order chi connectivity index (χ1) is 8.40. The zero-order chi connectivity index (χ0) is 13.4. The number of aliphatic hydroxyl groups is 1. The van der Waals surface area contributed by atoms with Crippen molar-refractivity contribution >= 4 is 11.6 Å². The van der Waals surface area contributed by atoms with Gasteiger partial charge >= 0.3 is 0 Å². The summed E-state index contributed by atoms with van der Waals surface area (Å²) in [5, 5.41) is 13.4. The fourth-order valence-corrected chi connectivity index (χ4v) is 2.43. The van der Waals surface area contributed by atoms with Gasteiger partial charge in [-0.2, -0.15) is 5.10 Å². The molecule has 6 heteroatoms. The number of nitrogens with two attached hydrogens (primary N) is 1. The third kappa shape index (κ3) is 2.20. The Morgan fingerprint density at radius 2 is 2.22 bits per heavy atom. The normalized spacial score (nSPS) is 22.7. The monoisotopic (exact) mass is 252 g/mol. The molecule has 6 nitrogen and oxygen atoms in total. The molecule has 0 atom stereocenters. The van der Waals surface area contributed by atoms with E-state index in [9.17, 15) is 9.90 Å². The predicted molar refractivity (Wildman–Crippen MR) is 68.0 cm³/mol. The van der Waals surface area contributed by atoms with Gasteiger partial charge in [-0.05, 0) is 25.7 Å². The Labute approximate surface area is 106 Å². The van der Waals surface area contributed by atoms with Crippen LogP contribution in [0, 0.1) is 12.8 Å². The highest BCUT2D eigenvalue weighted by molar-refractivity contribution is 5.97. The van der Waals surface area contributed by atoms with Crippen LogP contribution in [0.4, 0.5) is 5.69 Å². The lowest BCUT2D eigenvalue weighted by atomic mass is 9.82. The highest BCUT2D eigenvalue weighted by atomic mass is 16.3. The molecular formula is C12H20N4O2. The smallest absolute Gasteiger partial charge is 0.274 e. The minimum atomic E-state index is -0.192. The van der Waals surface area contributed by atoms with Gasteiger partial charge in [0.15, 0.2) is 0 Å². The van der Waals surface area contributed by atoms with Crippen LogP contribution in [0.25, 0.3) is 0 Å². The molecule has 0 aliphatic heterocycles. The number of nitrogen functional groups attached to an aromatic ring is 1. The standard InChI is InChI=1S/C12H20N4O2/c1-7-10(13)11(16(3)14-7)12(18)15(2)6-8-4-9(17)5-8/h8-9,17H,4-6,13H2,1-3H3. The van der Waals surface area contributed by atoms with Crippen LogP contribution in [0.3, 0.4) is 0 Å². The molecule has 1 heterocycles. The number of aryl methyl sites for hydroxylation is 2. The van der Waals surface area contributed by atoms with E-state index in [0.717, 1.165) is 12.8 Å². The molecule has 0 bridgehead atoms. The average molecular weight is 252 g/mol. The number of carbonyl (C=O) groups is 1. The maximum atomic E-state index is 12.3. The van der Waals surface area contributed by atoms with E-state index >= 15 is 0 Å². The van der Waals surface area contributed by atoms with E-state index in [2.05, 4.69) is 5.10 Å². The number of nitrogens with zero attached hydrogens (tertiary/aromatic N) is 3. The van der Waals surface area contributed by atoms with Crippen molar-refractivity contribution in [2.24, 2.45) is 13.0 Å². The van der Waals surface area contributed by atoms with Crippen LogP contribution in [0.15, 0.2) is 0 Å². The second-order valence-electron chi connectivity index (χ2n) is 5.15. The van der Waals surface area contributed by atoms with Crippen molar-refractivity contribution in [2.45, 2.75) is 25.9 Å². The number of carbonyl (C=O) groups excluding carboxylic acids is 1. The SMILES string of the molecule is Cc1nn(C)c(C(=O)N(C)CC2CC(O)C2)c1N. The number of hydrogen-bond acceptors (Lipinski definition) is 4. The summed E-state index contributed by atoms with van der Waals surface area (Å²) >= 11 is 0. The van der Waals surface area contributed by atoms with Crippen molar-refractivity contribution in [1.29, 1.82) is 0 Å². The Balaban J connectivity index is 2.06. The van der Waals surface area contributed by atoms with Crippen LogP contribution >= 0.6 is 0 Å². The van der Waals surface area contributed by atoms with Gasteiger partial charge in [-0.15, -0.1) is 0 Å². The number of aliphatic hydroxyl groups excluding tert-OH is 1. The van der Waals surface area contributed by atoms with Crippen molar-refractivity contribution in [1.82, 2.24) is 14.7 Å². The molecule has 3 N–H and O–H groups in total. The van der Waals surface area contributed by atoms with Gasteiger partial charge in [-0.25, -0.2) is 0 Å². The quantitative estimate of drug-likeness (QED) is 0.802. The molecule has 18 heavy (non-hydrogen) atoms. The molecule has 100 valence electrons. The summed E-state index contributed by atoms with van der Waals surface area (Å²) < 4.78 is 1.53. The van der Waals surface area contributed by atoms with Crippen LogP contribution < -0.4 is 5.73 Å². The lowest BCUT2D eigenvalue weighted by Gasteiger charge is -2.34. The minimum Gasteiger partial charge on any atom is -0.395 e. The molecule has 0 radical (unpaired) electrons. The molecule has 0 saturated heterocycles. The van der Waals surface area contributed by atoms with Crippen LogP contribution in [-0.4, -0.2) is 45.4 Å². The van der Waals surface area contributed by atoms with Gasteiger partial charge in [0, 0.05) is 20.6 Å². The summed E-state index contributed by atoms with van der Waals surface area (Å²) in [6.45, 7) is 2.44. The zero-order valence-electron chi connectivity index (χ0n) is 11.1. The van der Waals surface area contributed by atoms with Crippen LogP contribution in [0.2, 0.25) is 0 Å². The number of hydrogen-bond donors (Lipinski definition) is 2. The zero-order valence-corrected chi connectivity index (χ0v) is 11.1. The fourth-order valence-electron chi connectivity index (χ4n) is 2.43. The van der Waals surface area contributed by atoms with E-state index in [-0.39, 0.29) is 12.0 Å². The Morgan fingerprint density at radius 3 is 2.67 bits per heavy atom. The summed E-state index contributed by atoms with van der Waals surface area (Å²) in [5.74, 6) is 0.279. The lowest BCUT2D eigenvalue weighted by molar-refractivity contribution is 0.0263. The summed E-state index contributed by atoms with van der Waals surface area (Å²) in [7, 11) is 3.48. The Bertz CT molecular complexity index is 463. The molecule has 0 aromatic carbocycles. The summed E-state index contributed by atoms with van der Waals surface area (Å²) in [4.78, 5) is 13.9. The van der Waals surface area contributed by atoms with Crippen LogP contribution in [0.1, 0.15) is 29.0 Å². The number of amides is 1.